The van der Waals surface area contributed by atoms with Crippen molar-refractivity contribution in [1.82, 2.24) is 20.0 Å². The van der Waals surface area contributed by atoms with Crippen LogP contribution in [0.4, 0.5) is 0 Å². The largest absolute Gasteiger partial charge is 0.344 e. The molecular weight excluding hydrogens is 404 g/mol. The lowest BCUT2D eigenvalue weighted by atomic mass is 10.0. The number of amides is 3. The smallest absolute Gasteiger partial charge is 0.245 e. The van der Waals surface area contributed by atoms with E-state index in [1.165, 1.54) is 6.42 Å². The van der Waals surface area contributed by atoms with Crippen LogP contribution in [-0.2, 0) is 20.8 Å². The maximum absolute atomic E-state index is 13.2. The van der Waals surface area contributed by atoms with E-state index in [4.69, 9.17) is 0 Å². The van der Waals surface area contributed by atoms with Gasteiger partial charge in [-0.1, -0.05) is 44.2 Å². The first-order chi connectivity index (χ1) is 15.4. The number of carbonyl (C=O) groups excluding carboxylic acids is 3. The Kier molecular flexibility index (Phi) is 8.67. The van der Waals surface area contributed by atoms with Gasteiger partial charge in [-0.15, -0.1) is 0 Å². The van der Waals surface area contributed by atoms with Gasteiger partial charge in [0.1, 0.15) is 6.04 Å². The van der Waals surface area contributed by atoms with Gasteiger partial charge in [0.05, 0.1) is 12.5 Å². The summed E-state index contributed by atoms with van der Waals surface area (Å²) in [4.78, 5) is 44.6. The predicted molar refractivity (Wildman–Crippen MR) is 125 cm³/mol. The van der Waals surface area contributed by atoms with Gasteiger partial charge in [0, 0.05) is 39.3 Å². The first-order valence-corrected chi connectivity index (χ1v) is 12.0. The number of nitrogens with one attached hydrogen (secondary N) is 1. The van der Waals surface area contributed by atoms with Crippen molar-refractivity contribution in [3.8, 4) is 0 Å². The zero-order valence-corrected chi connectivity index (χ0v) is 19.8. The maximum Gasteiger partial charge on any atom is 0.245 e. The third-order valence-corrected chi connectivity index (χ3v) is 6.66. The fourth-order valence-electron chi connectivity index (χ4n) is 4.58. The van der Waals surface area contributed by atoms with Gasteiger partial charge in [0.15, 0.2) is 0 Å². The van der Waals surface area contributed by atoms with Gasteiger partial charge in [-0.2, -0.15) is 0 Å². The second kappa shape index (κ2) is 11.5. The molecule has 0 bridgehead atoms. The fourth-order valence-corrected chi connectivity index (χ4v) is 4.58. The molecule has 0 aromatic heterocycles. The molecule has 3 amide bonds. The molecule has 176 valence electrons. The molecule has 7 heteroatoms. The molecule has 0 aliphatic carbocycles. The van der Waals surface area contributed by atoms with Crippen LogP contribution in [0.25, 0.3) is 0 Å². The number of carbonyl (C=O) groups is 3. The Morgan fingerprint density at radius 1 is 0.812 bits per heavy atom. The fraction of sp³-hybridized carbons (Fsp3) is 0.640. The molecule has 1 aromatic carbocycles. The van der Waals surface area contributed by atoms with Crippen molar-refractivity contribution in [1.29, 1.82) is 0 Å². The lowest BCUT2D eigenvalue weighted by molar-refractivity contribution is -0.142. The van der Waals surface area contributed by atoms with Crippen molar-refractivity contribution in [2.45, 2.75) is 58.5 Å². The minimum atomic E-state index is -0.537. The lowest BCUT2D eigenvalue weighted by Crippen LogP contribution is -2.59. The summed E-state index contributed by atoms with van der Waals surface area (Å²) in [6.07, 6.45) is 3.65. The summed E-state index contributed by atoms with van der Waals surface area (Å²) >= 11 is 0. The van der Waals surface area contributed by atoms with Crippen molar-refractivity contribution in [2.24, 2.45) is 5.92 Å². The summed E-state index contributed by atoms with van der Waals surface area (Å²) in [5, 5.41) is 2.95. The molecule has 2 fully saturated rings. The summed E-state index contributed by atoms with van der Waals surface area (Å²) in [7, 11) is 0. The average Bonchev–Trinajstić information content (AvgIpc) is 2.82. The molecule has 2 aliphatic rings. The number of nitrogens with zero attached hydrogens (tertiary/aromatic N) is 3. The highest BCUT2D eigenvalue weighted by atomic mass is 16.2. The molecule has 2 heterocycles. The van der Waals surface area contributed by atoms with Crippen LogP contribution < -0.4 is 5.32 Å². The number of piperazine rings is 1. The summed E-state index contributed by atoms with van der Waals surface area (Å²) < 4.78 is 0. The number of likely N-dealkylation sites (tertiary alicyclic amines) is 1. The Morgan fingerprint density at radius 3 is 2.00 bits per heavy atom. The predicted octanol–water partition coefficient (Wildman–Crippen LogP) is 1.92. The van der Waals surface area contributed by atoms with Crippen molar-refractivity contribution >= 4 is 17.7 Å². The molecular formula is C25H38N4O3. The molecule has 2 saturated heterocycles. The van der Waals surface area contributed by atoms with Crippen molar-refractivity contribution in [2.75, 3.05) is 39.3 Å². The Labute approximate surface area is 192 Å². The van der Waals surface area contributed by atoms with E-state index in [0.717, 1.165) is 31.5 Å². The summed E-state index contributed by atoms with van der Waals surface area (Å²) in [5.74, 6) is 0.0382. The van der Waals surface area contributed by atoms with E-state index < -0.39 is 6.04 Å². The molecule has 3 rings (SSSR count). The van der Waals surface area contributed by atoms with Gasteiger partial charge >= 0.3 is 0 Å². The number of hydrogen-bond acceptors (Lipinski definition) is 4. The molecule has 0 radical (unpaired) electrons. The first-order valence-electron chi connectivity index (χ1n) is 12.0. The van der Waals surface area contributed by atoms with Crippen molar-refractivity contribution < 1.29 is 14.4 Å². The molecule has 1 N–H and O–H groups in total. The van der Waals surface area contributed by atoms with Crippen LogP contribution in [0.2, 0.25) is 0 Å². The van der Waals surface area contributed by atoms with Crippen LogP contribution >= 0.6 is 0 Å². The third kappa shape index (κ3) is 6.31. The number of benzene rings is 1. The molecule has 0 spiro atoms. The zero-order valence-electron chi connectivity index (χ0n) is 19.8. The van der Waals surface area contributed by atoms with Crippen LogP contribution in [0.3, 0.4) is 0 Å². The van der Waals surface area contributed by atoms with Gasteiger partial charge < -0.3 is 15.1 Å². The molecule has 1 aromatic rings. The molecule has 2 aliphatic heterocycles. The van der Waals surface area contributed by atoms with E-state index in [1.807, 2.05) is 60.9 Å². The average molecular weight is 443 g/mol. The standard InChI is InChI=1S/C25H38N4O3/c1-19(2)23(26-22(30)18-21-10-6-4-7-11-21)25(32)29-16-14-27(15-17-29)20(3)24(31)28-12-8-5-9-13-28/h4,6-7,10-11,19-20,23H,5,8-9,12-18H2,1-3H3,(H,26,30). The van der Waals surface area contributed by atoms with E-state index in [2.05, 4.69) is 10.2 Å². The summed E-state index contributed by atoms with van der Waals surface area (Å²) in [5.41, 5.74) is 0.931. The number of piperidine rings is 1. The molecule has 2 atom stereocenters. The first kappa shape index (κ1) is 24.2. The Hall–Kier alpha value is -2.41. The summed E-state index contributed by atoms with van der Waals surface area (Å²) in [6.45, 7) is 10.1. The number of hydrogen-bond donors (Lipinski definition) is 1. The maximum atomic E-state index is 13.2. The minimum Gasteiger partial charge on any atom is -0.344 e. The molecule has 32 heavy (non-hydrogen) atoms. The molecule has 7 nitrogen and oxygen atoms in total. The van der Waals surface area contributed by atoms with Crippen LogP contribution in [0.1, 0.15) is 45.6 Å². The van der Waals surface area contributed by atoms with Crippen molar-refractivity contribution in [3.05, 3.63) is 35.9 Å². The second-order valence-electron chi connectivity index (χ2n) is 9.37. The Balaban J connectivity index is 1.51. The Bertz CT molecular complexity index is 769. The summed E-state index contributed by atoms with van der Waals surface area (Å²) in [6, 6.07) is 8.87. The van der Waals surface area contributed by atoms with Gasteiger partial charge in [-0.3, -0.25) is 19.3 Å². The minimum absolute atomic E-state index is 0.000133. The van der Waals surface area contributed by atoms with E-state index in [-0.39, 0.29) is 36.1 Å². The zero-order chi connectivity index (χ0) is 23.1. The van der Waals surface area contributed by atoms with E-state index in [9.17, 15) is 14.4 Å². The van der Waals surface area contributed by atoms with Crippen LogP contribution in [-0.4, -0.2) is 83.8 Å². The Morgan fingerprint density at radius 2 is 1.41 bits per heavy atom. The van der Waals surface area contributed by atoms with E-state index in [0.29, 0.717) is 26.2 Å². The van der Waals surface area contributed by atoms with Gasteiger partial charge in [-0.05, 0) is 37.7 Å². The monoisotopic (exact) mass is 442 g/mol. The van der Waals surface area contributed by atoms with Crippen molar-refractivity contribution in [3.63, 3.8) is 0 Å². The van der Waals surface area contributed by atoms with E-state index >= 15 is 0 Å². The van der Waals surface area contributed by atoms with Crippen LogP contribution in [0.5, 0.6) is 0 Å². The topological polar surface area (TPSA) is 73.0 Å². The van der Waals surface area contributed by atoms with Gasteiger partial charge in [-0.25, -0.2) is 0 Å². The quantitative estimate of drug-likeness (QED) is 0.700. The lowest BCUT2D eigenvalue weighted by Gasteiger charge is -2.40. The third-order valence-electron chi connectivity index (χ3n) is 6.66. The highest BCUT2D eigenvalue weighted by molar-refractivity contribution is 5.88. The highest BCUT2D eigenvalue weighted by Gasteiger charge is 2.34. The second-order valence-corrected chi connectivity index (χ2v) is 9.37. The van der Waals surface area contributed by atoms with E-state index in [1.54, 1.807) is 0 Å². The molecule has 0 saturated carbocycles. The number of rotatable bonds is 7. The van der Waals surface area contributed by atoms with Crippen LogP contribution in [0, 0.1) is 5.92 Å². The van der Waals surface area contributed by atoms with Gasteiger partial charge in [0.2, 0.25) is 17.7 Å². The van der Waals surface area contributed by atoms with Gasteiger partial charge in [0.25, 0.3) is 0 Å². The SMILES string of the molecule is CC(C)C(NC(=O)Cc1ccccc1)C(=O)N1CCN(C(C)C(=O)N2CCCCC2)CC1. The normalized spacial score (nSPS) is 19.5. The highest BCUT2D eigenvalue weighted by Crippen LogP contribution is 2.16. The van der Waals surface area contributed by atoms with Crippen LogP contribution in [0.15, 0.2) is 30.3 Å². The molecule has 2 unspecified atom stereocenters.